The van der Waals surface area contributed by atoms with E-state index in [4.69, 9.17) is 9.47 Å². The fourth-order valence-corrected chi connectivity index (χ4v) is 2.16. The molecule has 1 aromatic carbocycles. The summed E-state index contributed by atoms with van der Waals surface area (Å²) in [7, 11) is 3.26. The highest BCUT2D eigenvalue weighted by Gasteiger charge is 2.18. The fourth-order valence-electron chi connectivity index (χ4n) is 2.16. The largest absolute Gasteiger partial charge is 0.493 e. The van der Waals surface area contributed by atoms with Gasteiger partial charge < -0.3 is 14.6 Å². The maximum atomic E-state index is 10.0. The topological polar surface area (TPSA) is 38.7 Å². The lowest BCUT2D eigenvalue weighted by molar-refractivity contribution is 0.0724. The van der Waals surface area contributed by atoms with E-state index < -0.39 is 0 Å². The van der Waals surface area contributed by atoms with Crippen LogP contribution in [0.1, 0.15) is 26.3 Å². The molecule has 0 radical (unpaired) electrons. The van der Waals surface area contributed by atoms with Crippen molar-refractivity contribution in [2.45, 2.75) is 33.3 Å². The molecule has 1 aromatic rings. The Kier molecular flexibility index (Phi) is 5.48. The summed E-state index contributed by atoms with van der Waals surface area (Å²) >= 11 is 0. The summed E-state index contributed by atoms with van der Waals surface area (Å²) in [5.41, 5.74) is 1.15. The van der Waals surface area contributed by atoms with E-state index >= 15 is 0 Å². The molecule has 1 rings (SSSR count). The van der Waals surface area contributed by atoms with Gasteiger partial charge in [0.2, 0.25) is 0 Å². The van der Waals surface area contributed by atoms with Crippen LogP contribution in [0, 0.1) is 11.8 Å². The van der Waals surface area contributed by atoms with Crippen LogP contribution >= 0.6 is 0 Å². The second-order valence-electron chi connectivity index (χ2n) is 5.11. The van der Waals surface area contributed by atoms with Crippen LogP contribution in [0.4, 0.5) is 0 Å². The predicted molar refractivity (Wildman–Crippen MR) is 73.3 cm³/mol. The van der Waals surface area contributed by atoms with Gasteiger partial charge in [-0.25, -0.2) is 0 Å². The molecule has 2 unspecified atom stereocenters. The predicted octanol–water partition coefficient (Wildman–Crippen LogP) is 2.90. The molecule has 2 atom stereocenters. The van der Waals surface area contributed by atoms with Crippen molar-refractivity contribution in [2.75, 3.05) is 14.2 Å². The lowest BCUT2D eigenvalue weighted by atomic mass is 9.89. The fraction of sp³-hybridized carbons (Fsp3) is 0.600. The zero-order valence-corrected chi connectivity index (χ0v) is 11.9. The molecule has 0 fully saturated rings. The molecular formula is C15H24O3. The van der Waals surface area contributed by atoms with Gasteiger partial charge in [0.25, 0.3) is 0 Å². The highest BCUT2D eigenvalue weighted by molar-refractivity contribution is 5.43. The minimum Gasteiger partial charge on any atom is -0.493 e. The second kappa shape index (κ2) is 6.64. The molecular weight excluding hydrogens is 228 g/mol. The molecule has 0 amide bonds. The number of rotatable bonds is 6. The van der Waals surface area contributed by atoms with E-state index in [2.05, 4.69) is 6.92 Å². The highest BCUT2D eigenvalue weighted by atomic mass is 16.5. The number of hydrogen-bond donors (Lipinski definition) is 1. The monoisotopic (exact) mass is 252 g/mol. The molecule has 0 aromatic heterocycles. The lowest BCUT2D eigenvalue weighted by Gasteiger charge is -2.22. The van der Waals surface area contributed by atoms with Gasteiger partial charge in [-0.3, -0.25) is 0 Å². The van der Waals surface area contributed by atoms with E-state index in [0.29, 0.717) is 0 Å². The van der Waals surface area contributed by atoms with Gasteiger partial charge in [-0.1, -0.05) is 26.8 Å². The average Bonchev–Trinajstić information content (AvgIpc) is 2.37. The SMILES string of the molecule is COc1ccc(CC(C)C(O)C(C)C)cc1OC. The Hall–Kier alpha value is -1.22. The van der Waals surface area contributed by atoms with E-state index in [1.165, 1.54) is 0 Å². The summed E-state index contributed by atoms with van der Waals surface area (Å²) in [6.45, 7) is 6.15. The summed E-state index contributed by atoms with van der Waals surface area (Å²) in [4.78, 5) is 0. The van der Waals surface area contributed by atoms with E-state index in [0.717, 1.165) is 23.5 Å². The Morgan fingerprint density at radius 3 is 2.17 bits per heavy atom. The molecule has 3 nitrogen and oxygen atoms in total. The maximum Gasteiger partial charge on any atom is 0.160 e. The van der Waals surface area contributed by atoms with Gasteiger partial charge in [0.1, 0.15) is 0 Å². The molecule has 0 aliphatic carbocycles. The van der Waals surface area contributed by atoms with Gasteiger partial charge in [0.05, 0.1) is 20.3 Å². The summed E-state index contributed by atoms with van der Waals surface area (Å²) in [6.07, 6.45) is 0.553. The summed E-state index contributed by atoms with van der Waals surface area (Å²) in [5.74, 6) is 1.97. The van der Waals surface area contributed by atoms with Crippen molar-refractivity contribution in [2.24, 2.45) is 11.8 Å². The van der Waals surface area contributed by atoms with Crippen molar-refractivity contribution in [3.05, 3.63) is 23.8 Å². The van der Waals surface area contributed by atoms with Crippen molar-refractivity contribution < 1.29 is 14.6 Å². The van der Waals surface area contributed by atoms with Crippen LogP contribution in [0.15, 0.2) is 18.2 Å². The first-order valence-electron chi connectivity index (χ1n) is 6.38. The van der Waals surface area contributed by atoms with Crippen LogP contribution in [0.25, 0.3) is 0 Å². The van der Waals surface area contributed by atoms with Crippen LogP contribution in [0.5, 0.6) is 11.5 Å². The van der Waals surface area contributed by atoms with Gasteiger partial charge in [-0.2, -0.15) is 0 Å². The molecule has 0 heterocycles. The molecule has 0 aliphatic heterocycles. The zero-order valence-electron chi connectivity index (χ0n) is 11.9. The number of ether oxygens (including phenoxy) is 2. The van der Waals surface area contributed by atoms with Gasteiger partial charge >= 0.3 is 0 Å². The van der Waals surface area contributed by atoms with Crippen molar-refractivity contribution in [1.29, 1.82) is 0 Å². The van der Waals surface area contributed by atoms with E-state index in [1.54, 1.807) is 14.2 Å². The molecule has 3 heteroatoms. The van der Waals surface area contributed by atoms with Crippen molar-refractivity contribution in [1.82, 2.24) is 0 Å². The van der Waals surface area contributed by atoms with Crippen LogP contribution in [0.3, 0.4) is 0 Å². The quantitative estimate of drug-likeness (QED) is 0.846. The van der Waals surface area contributed by atoms with Crippen LogP contribution in [0.2, 0.25) is 0 Å². The second-order valence-corrected chi connectivity index (χ2v) is 5.11. The highest BCUT2D eigenvalue weighted by Crippen LogP contribution is 2.29. The number of benzene rings is 1. The Morgan fingerprint density at radius 2 is 1.67 bits per heavy atom. The minimum atomic E-state index is -0.280. The Bertz CT molecular complexity index is 374. The standard InChI is InChI=1S/C15H24O3/c1-10(2)15(16)11(3)8-12-6-7-13(17-4)14(9-12)18-5/h6-7,9-11,15-16H,8H2,1-5H3. The third kappa shape index (κ3) is 3.64. The molecule has 0 bridgehead atoms. The van der Waals surface area contributed by atoms with Crippen LogP contribution in [-0.4, -0.2) is 25.4 Å². The van der Waals surface area contributed by atoms with E-state index in [9.17, 15) is 5.11 Å². The maximum absolute atomic E-state index is 10.0. The summed E-state index contributed by atoms with van der Waals surface area (Å²) in [6, 6.07) is 5.90. The van der Waals surface area contributed by atoms with Gasteiger partial charge in [0, 0.05) is 0 Å². The van der Waals surface area contributed by atoms with Gasteiger partial charge in [0.15, 0.2) is 11.5 Å². The molecule has 0 spiro atoms. The van der Waals surface area contributed by atoms with Gasteiger partial charge in [-0.05, 0) is 36.0 Å². The summed E-state index contributed by atoms with van der Waals surface area (Å²) < 4.78 is 10.5. The summed E-state index contributed by atoms with van der Waals surface area (Å²) in [5, 5.41) is 10.0. The molecule has 1 N–H and O–H groups in total. The lowest BCUT2D eigenvalue weighted by Crippen LogP contribution is -2.25. The first-order valence-corrected chi connectivity index (χ1v) is 6.38. The zero-order chi connectivity index (χ0) is 13.7. The minimum absolute atomic E-state index is 0.225. The average molecular weight is 252 g/mol. The van der Waals surface area contributed by atoms with Crippen LogP contribution < -0.4 is 9.47 Å². The molecule has 102 valence electrons. The van der Waals surface area contributed by atoms with Crippen molar-refractivity contribution in [3.8, 4) is 11.5 Å². The molecule has 0 saturated heterocycles. The molecule has 18 heavy (non-hydrogen) atoms. The number of aliphatic hydroxyl groups is 1. The van der Waals surface area contributed by atoms with E-state index in [1.807, 2.05) is 32.0 Å². The molecule has 0 saturated carbocycles. The smallest absolute Gasteiger partial charge is 0.160 e. The van der Waals surface area contributed by atoms with Crippen LogP contribution in [-0.2, 0) is 6.42 Å². The number of hydrogen-bond acceptors (Lipinski definition) is 3. The number of aliphatic hydroxyl groups excluding tert-OH is 1. The third-order valence-electron chi connectivity index (χ3n) is 3.27. The van der Waals surface area contributed by atoms with Gasteiger partial charge in [-0.15, -0.1) is 0 Å². The first-order chi connectivity index (χ1) is 8.49. The van der Waals surface area contributed by atoms with Crippen molar-refractivity contribution in [3.63, 3.8) is 0 Å². The Morgan fingerprint density at radius 1 is 1.06 bits per heavy atom. The normalized spacial score (nSPS) is 14.4. The Labute approximate surface area is 110 Å². The first kappa shape index (κ1) is 14.8. The Balaban J connectivity index is 2.79. The third-order valence-corrected chi connectivity index (χ3v) is 3.27. The van der Waals surface area contributed by atoms with E-state index in [-0.39, 0.29) is 17.9 Å². The number of methoxy groups -OCH3 is 2. The van der Waals surface area contributed by atoms with Crippen molar-refractivity contribution >= 4 is 0 Å². The molecule has 0 aliphatic rings.